The zero-order chi connectivity index (χ0) is 16.1. The van der Waals surface area contributed by atoms with E-state index in [1.165, 1.54) is 4.80 Å². The number of carbonyl (C=O) groups excluding carboxylic acids is 1. The van der Waals surface area contributed by atoms with Gasteiger partial charge in [0.05, 0.1) is 37.7 Å². The van der Waals surface area contributed by atoms with Crippen LogP contribution in [-0.2, 0) is 0 Å². The molecule has 0 bridgehead atoms. The molecule has 1 amide bonds. The van der Waals surface area contributed by atoms with E-state index in [1.807, 2.05) is 6.92 Å². The molecule has 1 N–H and O–H groups in total. The summed E-state index contributed by atoms with van der Waals surface area (Å²) in [5, 5.41) is 17.5. The van der Waals surface area contributed by atoms with E-state index in [-0.39, 0.29) is 18.6 Å². The van der Waals surface area contributed by atoms with Gasteiger partial charge in [-0.2, -0.15) is 15.0 Å². The fourth-order valence-corrected chi connectivity index (χ4v) is 2.23. The molecule has 0 aliphatic heterocycles. The van der Waals surface area contributed by atoms with E-state index < -0.39 is 0 Å². The Morgan fingerprint density at radius 3 is 2.64 bits per heavy atom. The molecular weight excluding hydrogens is 284 g/mol. The molecule has 7 heteroatoms. The molecular formula is C15H20N4O3. The van der Waals surface area contributed by atoms with Gasteiger partial charge in [-0.1, -0.05) is 0 Å². The van der Waals surface area contributed by atoms with E-state index in [0.717, 1.165) is 0 Å². The monoisotopic (exact) mass is 304 g/mol. The summed E-state index contributed by atoms with van der Waals surface area (Å²) in [5.74, 6) is 0.432. The first-order chi connectivity index (χ1) is 10.6. The highest BCUT2D eigenvalue weighted by molar-refractivity contribution is 5.98. The van der Waals surface area contributed by atoms with E-state index in [0.29, 0.717) is 23.5 Å². The lowest BCUT2D eigenvalue weighted by molar-refractivity contribution is 0.0632. The highest BCUT2D eigenvalue weighted by atomic mass is 16.5. The summed E-state index contributed by atoms with van der Waals surface area (Å²) in [6.07, 6.45) is 3.09. The minimum absolute atomic E-state index is 0.0922. The summed E-state index contributed by atoms with van der Waals surface area (Å²) in [5.41, 5.74) is 0.997. The number of amides is 1. The van der Waals surface area contributed by atoms with E-state index >= 15 is 0 Å². The molecule has 118 valence electrons. The summed E-state index contributed by atoms with van der Waals surface area (Å²) >= 11 is 0. The van der Waals surface area contributed by atoms with Gasteiger partial charge in [0.25, 0.3) is 5.91 Å². The molecule has 0 radical (unpaired) electrons. The largest absolute Gasteiger partial charge is 0.497 e. The zero-order valence-corrected chi connectivity index (χ0v) is 12.9. The number of nitrogens with zero attached hydrogens (tertiary/aromatic N) is 4. The first kappa shape index (κ1) is 16.0. The second-order valence-corrected chi connectivity index (χ2v) is 4.82. The van der Waals surface area contributed by atoms with Gasteiger partial charge in [0.15, 0.2) is 0 Å². The van der Waals surface area contributed by atoms with Gasteiger partial charge in [0.1, 0.15) is 11.4 Å². The fraction of sp³-hybridized carbons (Fsp3) is 0.400. The lowest BCUT2D eigenvalue weighted by atomic mass is 10.1. The number of carbonyl (C=O) groups is 1. The molecule has 0 saturated heterocycles. The first-order valence-corrected chi connectivity index (χ1v) is 7.08. The average Bonchev–Trinajstić information content (AvgIpc) is 3.08. The molecule has 7 nitrogen and oxygen atoms in total. The lowest BCUT2D eigenvalue weighted by Crippen LogP contribution is -2.40. The summed E-state index contributed by atoms with van der Waals surface area (Å²) in [6.45, 7) is 4.08. The number of methoxy groups -OCH3 is 1. The van der Waals surface area contributed by atoms with E-state index in [4.69, 9.17) is 4.74 Å². The molecule has 22 heavy (non-hydrogen) atoms. The van der Waals surface area contributed by atoms with Crippen molar-refractivity contribution in [3.05, 3.63) is 36.2 Å². The van der Waals surface area contributed by atoms with Crippen molar-refractivity contribution in [1.29, 1.82) is 0 Å². The quantitative estimate of drug-likeness (QED) is 0.865. The van der Waals surface area contributed by atoms with Crippen molar-refractivity contribution < 1.29 is 14.6 Å². The molecule has 1 heterocycles. The van der Waals surface area contributed by atoms with Crippen molar-refractivity contribution in [3.8, 4) is 11.4 Å². The topological polar surface area (TPSA) is 80.5 Å². The third kappa shape index (κ3) is 3.09. The minimum atomic E-state index is -0.266. The van der Waals surface area contributed by atoms with Crippen LogP contribution in [0.1, 0.15) is 24.2 Å². The fourth-order valence-electron chi connectivity index (χ4n) is 2.23. The second-order valence-electron chi connectivity index (χ2n) is 4.82. The Morgan fingerprint density at radius 1 is 1.41 bits per heavy atom. The summed E-state index contributed by atoms with van der Waals surface area (Å²) in [7, 11) is 1.56. The molecule has 1 aromatic carbocycles. The number of ether oxygens (including phenoxy) is 1. The van der Waals surface area contributed by atoms with Gasteiger partial charge in [-0.3, -0.25) is 4.79 Å². The molecule has 2 aromatic rings. The van der Waals surface area contributed by atoms with Crippen LogP contribution in [0.25, 0.3) is 5.69 Å². The van der Waals surface area contributed by atoms with E-state index in [1.54, 1.807) is 49.5 Å². The number of rotatable bonds is 6. The molecule has 0 unspecified atom stereocenters. The third-order valence-corrected chi connectivity index (χ3v) is 3.47. The second kappa shape index (κ2) is 7.04. The average molecular weight is 304 g/mol. The van der Waals surface area contributed by atoms with Gasteiger partial charge in [0.2, 0.25) is 0 Å². The Labute approximate surface area is 129 Å². The van der Waals surface area contributed by atoms with Crippen LogP contribution in [-0.4, -0.2) is 57.2 Å². The third-order valence-electron chi connectivity index (χ3n) is 3.47. The van der Waals surface area contributed by atoms with Crippen molar-refractivity contribution in [2.45, 2.75) is 19.9 Å². The summed E-state index contributed by atoms with van der Waals surface area (Å²) in [4.78, 5) is 15.8. The van der Waals surface area contributed by atoms with Crippen LogP contribution < -0.4 is 4.74 Å². The molecule has 0 aliphatic rings. The van der Waals surface area contributed by atoms with Crippen LogP contribution in [0.2, 0.25) is 0 Å². The molecule has 1 aromatic heterocycles. The van der Waals surface area contributed by atoms with E-state index in [9.17, 15) is 9.90 Å². The Bertz CT molecular complexity index is 628. The van der Waals surface area contributed by atoms with Gasteiger partial charge in [-0.15, -0.1) is 0 Å². The normalized spacial score (nSPS) is 12.0. The Kier molecular flexibility index (Phi) is 5.11. The van der Waals surface area contributed by atoms with Crippen LogP contribution in [0.4, 0.5) is 0 Å². The predicted octanol–water partition coefficient (Wildman–Crippen LogP) is 1.12. The van der Waals surface area contributed by atoms with Crippen molar-refractivity contribution >= 4 is 5.91 Å². The van der Waals surface area contributed by atoms with Gasteiger partial charge >= 0.3 is 0 Å². The van der Waals surface area contributed by atoms with Gasteiger partial charge in [0, 0.05) is 12.6 Å². The number of aliphatic hydroxyl groups is 1. The predicted molar refractivity (Wildman–Crippen MR) is 81.2 cm³/mol. The number of aliphatic hydroxyl groups excluding tert-OH is 1. The number of aromatic nitrogens is 3. The van der Waals surface area contributed by atoms with Crippen LogP contribution in [0.3, 0.4) is 0 Å². The summed E-state index contributed by atoms with van der Waals surface area (Å²) in [6, 6.07) is 4.85. The highest BCUT2D eigenvalue weighted by Crippen LogP contribution is 2.22. The van der Waals surface area contributed by atoms with Gasteiger partial charge in [-0.05, 0) is 26.0 Å². The molecule has 0 fully saturated rings. The molecule has 2 rings (SSSR count). The van der Waals surface area contributed by atoms with Crippen LogP contribution in [0.15, 0.2) is 30.6 Å². The van der Waals surface area contributed by atoms with Crippen LogP contribution >= 0.6 is 0 Å². The first-order valence-electron chi connectivity index (χ1n) is 7.08. The summed E-state index contributed by atoms with van der Waals surface area (Å²) < 4.78 is 5.21. The van der Waals surface area contributed by atoms with Crippen molar-refractivity contribution in [3.63, 3.8) is 0 Å². The maximum atomic E-state index is 12.8. The van der Waals surface area contributed by atoms with Crippen molar-refractivity contribution in [2.75, 3.05) is 20.3 Å². The number of benzene rings is 1. The SMILES string of the molecule is CCN(C(=O)c1ccc(OC)cc1-n1nccn1)[C@@H](C)CO. The minimum Gasteiger partial charge on any atom is -0.497 e. The van der Waals surface area contributed by atoms with Crippen molar-refractivity contribution in [1.82, 2.24) is 19.9 Å². The lowest BCUT2D eigenvalue weighted by Gasteiger charge is -2.27. The molecule has 0 aliphatic carbocycles. The highest BCUT2D eigenvalue weighted by Gasteiger charge is 2.23. The van der Waals surface area contributed by atoms with Crippen LogP contribution in [0.5, 0.6) is 5.75 Å². The Morgan fingerprint density at radius 2 is 2.09 bits per heavy atom. The van der Waals surface area contributed by atoms with Crippen LogP contribution in [0, 0.1) is 0 Å². The number of hydrogen-bond acceptors (Lipinski definition) is 5. The van der Waals surface area contributed by atoms with E-state index in [2.05, 4.69) is 10.2 Å². The standard InChI is InChI=1S/C15H20N4O3/c1-4-18(11(2)10-20)15(21)13-6-5-12(22-3)9-14(13)19-16-7-8-17-19/h5-9,11,20H,4,10H2,1-3H3/t11-/m0/s1. The molecule has 0 spiro atoms. The number of likely N-dealkylation sites (N-methyl/N-ethyl adjacent to an activating group) is 1. The van der Waals surface area contributed by atoms with Gasteiger partial charge in [-0.25, -0.2) is 0 Å². The van der Waals surface area contributed by atoms with Crippen molar-refractivity contribution in [2.24, 2.45) is 0 Å². The zero-order valence-electron chi connectivity index (χ0n) is 12.9. The Balaban J connectivity index is 2.48. The Hall–Kier alpha value is -2.41. The van der Waals surface area contributed by atoms with Gasteiger partial charge < -0.3 is 14.7 Å². The number of hydrogen-bond donors (Lipinski definition) is 1. The maximum absolute atomic E-state index is 12.8. The molecule has 1 atom stereocenters. The smallest absolute Gasteiger partial charge is 0.256 e. The molecule has 0 saturated carbocycles. The maximum Gasteiger partial charge on any atom is 0.256 e.